The van der Waals surface area contributed by atoms with Crippen LogP contribution in [0.4, 0.5) is 0 Å². The Hall–Kier alpha value is -2.10. The van der Waals surface area contributed by atoms with Gasteiger partial charge in [-0.05, 0) is 25.5 Å². The van der Waals surface area contributed by atoms with E-state index in [0.717, 1.165) is 5.56 Å². The van der Waals surface area contributed by atoms with E-state index in [2.05, 4.69) is 0 Å². The Morgan fingerprint density at radius 1 is 1.28 bits per heavy atom. The Morgan fingerprint density at radius 2 is 1.94 bits per heavy atom. The van der Waals surface area contributed by atoms with Crippen molar-refractivity contribution in [2.45, 2.75) is 20.0 Å². The van der Waals surface area contributed by atoms with Gasteiger partial charge in [0.2, 0.25) is 0 Å². The topological polar surface area (TPSA) is 52.6 Å². The van der Waals surface area contributed by atoms with Crippen LogP contribution in [0, 0.1) is 0 Å². The van der Waals surface area contributed by atoms with Gasteiger partial charge in [-0.2, -0.15) is 0 Å². The maximum Gasteiger partial charge on any atom is 0.347 e. The fourth-order valence-corrected chi connectivity index (χ4v) is 1.25. The molecule has 0 saturated carbocycles. The quantitative estimate of drug-likeness (QED) is 0.592. The highest BCUT2D eigenvalue weighted by molar-refractivity contribution is 5.89. The predicted octanol–water partition coefficient (Wildman–Crippen LogP) is 2.19. The van der Waals surface area contributed by atoms with Crippen LogP contribution in [0.1, 0.15) is 19.4 Å². The zero-order valence-electron chi connectivity index (χ0n) is 10.5. The third-order valence-electron chi connectivity index (χ3n) is 2.12. The summed E-state index contributed by atoms with van der Waals surface area (Å²) in [4.78, 5) is 22.6. The second-order valence-electron chi connectivity index (χ2n) is 3.58. The summed E-state index contributed by atoms with van der Waals surface area (Å²) in [5.41, 5.74) is 0.887. The molecule has 0 bridgehead atoms. The van der Waals surface area contributed by atoms with Gasteiger partial charge in [0.05, 0.1) is 6.61 Å². The summed E-state index contributed by atoms with van der Waals surface area (Å²) in [5.74, 6) is -1.11. The zero-order chi connectivity index (χ0) is 13.4. The fraction of sp³-hybridized carbons (Fsp3) is 0.286. The van der Waals surface area contributed by atoms with Gasteiger partial charge in [0.25, 0.3) is 0 Å². The summed E-state index contributed by atoms with van der Waals surface area (Å²) in [6.07, 6.45) is 2.02. The van der Waals surface area contributed by atoms with E-state index in [9.17, 15) is 9.59 Å². The number of rotatable bonds is 5. The van der Waals surface area contributed by atoms with Crippen LogP contribution in [0.2, 0.25) is 0 Å². The molecule has 4 heteroatoms. The van der Waals surface area contributed by atoms with E-state index in [-0.39, 0.29) is 6.61 Å². The van der Waals surface area contributed by atoms with Crippen LogP contribution in [-0.4, -0.2) is 24.6 Å². The van der Waals surface area contributed by atoms with E-state index in [1.165, 1.54) is 13.0 Å². The van der Waals surface area contributed by atoms with Crippen molar-refractivity contribution in [1.29, 1.82) is 0 Å². The van der Waals surface area contributed by atoms with Crippen molar-refractivity contribution < 1.29 is 19.1 Å². The van der Waals surface area contributed by atoms with Crippen molar-refractivity contribution in [3.05, 3.63) is 42.0 Å². The average Bonchev–Trinajstić information content (AvgIpc) is 2.38. The Labute approximate surface area is 106 Å². The van der Waals surface area contributed by atoms with Gasteiger partial charge in [-0.25, -0.2) is 9.59 Å². The molecule has 0 heterocycles. The van der Waals surface area contributed by atoms with E-state index in [4.69, 9.17) is 9.47 Å². The minimum atomic E-state index is -0.891. The predicted molar refractivity (Wildman–Crippen MR) is 67.7 cm³/mol. The number of ether oxygens (including phenoxy) is 2. The third-order valence-corrected chi connectivity index (χ3v) is 2.12. The van der Waals surface area contributed by atoms with E-state index in [0.29, 0.717) is 0 Å². The molecule has 4 nitrogen and oxygen atoms in total. The maximum atomic E-state index is 11.4. The molecule has 96 valence electrons. The summed E-state index contributed by atoms with van der Waals surface area (Å²) in [7, 11) is 0. The van der Waals surface area contributed by atoms with Crippen molar-refractivity contribution in [1.82, 2.24) is 0 Å². The number of carbonyl (C=O) groups excluding carboxylic acids is 2. The largest absolute Gasteiger partial charge is 0.463 e. The molecule has 18 heavy (non-hydrogen) atoms. The molecule has 0 aliphatic rings. The molecule has 0 saturated heterocycles. The zero-order valence-corrected chi connectivity index (χ0v) is 10.5. The minimum Gasteiger partial charge on any atom is -0.463 e. The van der Waals surface area contributed by atoms with Crippen LogP contribution in [0.15, 0.2) is 36.4 Å². The lowest BCUT2D eigenvalue weighted by Crippen LogP contribution is -2.25. The van der Waals surface area contributed by atoms with Crippen LogP contribution in [0.3, 0.4) is 0 Å². The van der Waals surface area contributed by atoms with Gasteiger partial charge in [0.15, 0.2) is 6.10 Å². The summed E-state index contributed by atoms with van der Waals surface area (Å²) < 4.78 is 9.61. The van der Waals surface area contributed by atoms with E-state index < -0.39 is 18.0 Å². The van der Waals surface area contributed by atoms with Crippen molar-refractivity contribution >= 4 is 18.0 Å². The number of hydrogen-bond donors (Lipinski definition) is 0. The molecule has 1 unspecified atom stereocenters. The first-order valence-electron chi connectivity index (χ1n) is 5.74. The second kappa shape index (κ2) is 7.27. The van der Waals surface area contributed by atoms with E-state index in [1.54, 1.807) is 13.0 Å². The molecule has 0 aromatic heterocycles. The number of carbonyl (C=O) groups is 2. The fourth-order valence-electron chi connectivity index (χ4n) is 1.25. The Balaban J connectivity index is 2.47. The SMILES string of the molecule is CCOC(=O)C(C)OC(=O)/C=C/c1ccccc1. The van der Waals surface area contributed by atoms with Gasteiger partial charge in [-0.1, -0.05) is 30.3 Å². The second-order valence-corrected chi connectivity index (χ2v) is 3.58. The minimum absolute atomic E-state index is 0.264. The van der Waals surface area contributed by atoms with E-state index >= 15 is 0 Å². The molecule has 0 aliphatic heterocycles. The van der Waals surface area contributed by atoms with Gasteiger partial charge in [-0.3, -0.25) is 0 Å². The molecule has 1 rings (SSSR count). The average molecular weight is 248 g/mol. The van der Waals surface area contributed by atoms with Gasteiger partial charge >= 0.3 is 11.9 Å². The third kappa shape index (κ3) is 4.82. The molecule has 0 aliphatic carbocycles. The van der Waals surface area contributed by atoms with Gasteiger partial charge < -0.3 is 9.47 Å². The lowest BCUT2D eigenvalue weighted by molar-refractivity contribution is -0.163. The first kappa shape index (κ1) is 14.0. The van der Waals surface area contributed by atoms with Crippen LogP contribution < -0.4 is 0 Å². The van der Waals surface area contributed by atoms with Gasteiger partial charge in [0.1, 0.15) is 0 Å². The standard InChI is InChI=1S/C14H16O4/c1-3-17-14(16)11(2)18-13(15)10-9-12-7-5-4-6-8-12/h4-11H,3H2,1-2H3/b10-9+. The van der Waals surface area contributed by atoms with Crippen molar-refractivity contribution in [2.24, 2.45) is 0 Å². The van der Waals surface area contributed by atoms with Crippen LogP contribution in [0.5, 0.6) is 0 Å². The molecule has 0 spiro atoms. The molecule has 0 N–H and O–H groups in total. The van der Waals surface area contributed by atoms with Crippen molar-refractivity contribution in [2.75, 3.05) is 6.61 Å². The maximum absolute atomic E-state index is 11.4. The first-order valence-corrected chi connectivity index (χ1v) is 5.74. The Morgan fingerprint density at radius 3 is 2.56 bits per heavy atom. The highest BCUT2D eigenvalue weighted by Gasteiger charge is 2.17. The van der Waals surface area contributed by atoms with Crippen LogP contribution in [-0.2, 0) is 19.1 Å². The first-order chi connectivity index (χ1) is 8.63. The summed E-state index contributed by atoms with van der Waals surface area (Å²) in [5, 5.41) is 0. The molecule has 1 aromatic carbocycles. The molecule has 1 aromatic rings. The summed E-state index contributed by atoms with van der Waals surface area (Å²) in [6, 6.07) is 9.34. The van der Waals surface area contributed by atoms with Gasteiger partial charge in [-0.15, -0.1) is 0 Å². The summed E-state index contributed by atoms with van der Waals surface area (Å²) in [6.45, 7) is 3.44. The highest BCUT2D eigenvalue weighted by atomic mass is 16.6. The number of esters is 2. The number of benzene rings is 1. The highest BCUT2D eigenvalue weighted by Crippen LogP contribution is 2.02. The van der Waals surface area contributed by atoms with Crippen molar-refractivity contribution in [3.8, 4) is 0 Å². The lowest BCUT2D eigenvalue weighted by atomic mass is 10.2. The normalized spacial score (nSPS) is 12.1. The van der Waals surface area contributed by atoms with Gasteiger partial charge in [0, 0.05) is 6.08 Å². The Bertz CT molecular complexity index is 423. The molecule has 0 radical (unpaired) electrons. The molecular weight excluding hydrogens is 232 g/mol. The van der Waals surface area contributed by atoms with E-state index in [1.807, 2.05) is 30.3 Å². The smallest absolute Gasteiger partial charge is 0.347 e. The lowest BCUT2D eigenvalue weighted by Gasteiger charge is -2.09. The van der Waals surface area contributed by atoms with Crippen LogP contribution >= 0.6 is 0 Å². The monoisotopic (exact) mass is 248 g/mol. The molecule has 1 atom stereocenters. The van der Waals surface area contributed by atoms with Crippen LogP contribution in [0.25, 0.3) is 6.08 Å². The Kier molecular flexibility index (Phi) is 5.64. The summed E-state index contributed by atoms with van der Waals surface area (Å²) >= 11 is 0. The number of hydrogen-bond acceptors (Lipinski definition) is 4. The molecule has 0 fully saturated rings. The molecular formula is C14H16O4. The van der Waals surface area contributed by atoms with Crippen molar-refractivity contribution in [3.63, 3.8) is 0 Å². The molecule has 0 amide bonds.